The minimum atomic E-state index is -0.294. The monoisotopic (exact) mass is 297 g/mol. The van der Waals surface area contributed by atoms with Crippen LogP contribution in [0.5, 0.6) is 0 Å². The molecule has 1 aromatic carbocycles. The average molecular weight is 298 g/mol. The van der Waals surface area contributed by atoms with Crippen molar-refractivity contribution in [1.82, 2.24) is 0 Å². The fraction of sp³-hybridized carbons (Fsp3) is 0. The Hall–Kier alpha value is -2.80. The summed E-state index contributed by atoms with van der Waals surface area (Å²) in [7, 11) is 0. The minimum Gasteiger partial charge on any atom is -0.345 e. The summed E-state index contributed by atoms with van der Waals surface area (Å²) in [5.74, 6) is 0. The molecule has 6 heteroatoms. The Kier molecular flexibility index (Phi) is 4.47. The van der Waals surface area contributed by atoms with Gasteiger partial charge < -0.3 is 5.32 Å². The van der Waals surface area contributed by atoms with Gasteiger partial charge in [-0.05, 0) is 34.1 Å². The van der Waals surface area contributed by atoms with Crippen LogP contribution in [0.1, 0.15) is 5.56 Å². The van der Waals surface area contributed by atoms with Gasteiger partial charge in [0.1, 0.15) is 30.0 Å². The van der Waals surface area contributed by atoms with E-state index in [9.17, 15) is 0 Å². The number of rotatable bonds is 2. The van der Waals surface area contributed by atoms with Crippen molar-refractivity contribution in [3.05, 3.63) is 39.5 Å². The fourth-order valence-corrected chi connectivity index (χ4v) is 1.58. The number of hydrogen-bond donors (Lipinski definition) is 1. The molecule has 5 nitrogen and oxygen atoms in total. The first-order valence-electron chi connectivity index (χ1n) is 4.57. The molecule has 0 spiro atoms. The lowest BCUT2D eigenvalue weighted by atomic mass is 10.2. The van der Waals surface area contributed by atoms with Gasteiger partial charge in [0.25, 0.3) is 0 Å². The van der Waals surface area contributed by atoms with Crippen LogP contribution in [0.2, 0.25) is 0 Å². The normalized spacial score (nSPS) is 8.06. The van der Waals surface area contributed by atoms with Crippen LogP contribution in [0.25, 0.3) is 0 Å². The van der Waals surface area contributed by atoms with Crippen molar-refractivity contribution in [3.8, 4) is 24.3 Å². The lowest BCUT2D eigenvalue weighted by molar-refractivity contribution is 1.37. The van der Waals surface area contributed by atoms with Gasteiger partial charge in [-0.3, -0.25) is 0 Å². The maximum absolute atomic E-state index is 8.85. The zero-order valence-electron chi connectivity index (χ0n) is 8.90. The molecule has 0 unspecified atom stereocenters. The fourth-order valence-electron chi connectivity index (χ4n) is 1.11. The van der Waals surface area contributed by atoms with E-state index in [-0.39, 0.29) is 11.3 Å². The molecular weight excluding hydrogens is 294 g/mol. The summed E-state index contributed by atoms with van der Waals surface area (Å²) >= 11 is 3.20. The molecule has 0 heterocycles. The number of halogens is 1. The Bertz CT molecular complexity index is 660. The lowest BCUT2D eigenvalue weighted by Gasteiger charge is -2.05. The molecule has 1 N–H and O–H groups in total. The van der Waals surface area contributed by atoms with E-state index >= 15 is 0 Å². The quantitative estimate of drug-likeness (QED) is 0.844. The van der Waals surface area contributed by atoms with Gasteiger partial charge in [-0.25, -0.2) is 0 Å². The number of nitrogens with zero attached hydrogens (tertiary/aromatic N) is 4. The molecule has 1 aromatic rings. The standard InChI is InChI=1S/C12H4BrN5/c13-11-3-10(2-1-8(11)4-14)18-12(7-17)9(5-15)6-16/h1-3,18H. The van der Waals surface area contributed by atoms with E-state index in [2.05, 4.69) is 21.2 Å². The van der Waals surface area contributed by atoms with Crippen LogP contribution in [0, 0.1) is 45.3 Å². The van der Waals surface area contributed by atoms with Crippen LogP contribution in [0.15, 0.2) is 33.9 Å². The Balaban J connectivity index is 3.15. The number of allylic oxidation sites excluding steroid dienone is 2. The third-order valence-corrected chi connectivity index (χ3v) is 2.60. The molecule has 0 saturated heterocycles. The number of nitriles is 4. The zero-order chi connectivity index (χ0) is 13.5. The van der Waals surface area contributed by atoms with Crippen molar-refractivity contribution in [2.24, 2.45) is 0 Å². The molecule has 0 aliphatic carbocycles. The number of anilines is 1. The number of nitrogens with one attached hydrogen (secondary N) is 1. The highest BCUT2D eigenvalue weighted by Crippen LogP contribution is 2.22. The van der Waals surface area contributed by atoms with E-state index in [1.54, 1.807) is 36.4 Å². The zero-order valence-corrected chi connectivity index (χ0v) is 10.5. The van der Waals surface area contributed by atoms with Crippen molar-refractivity contribution in [3.63, 3.8) is 0 Å². The summed E-state index contributed by atoms with van der Waals surface area (Å²) in [6.07, 6.45) is 0. The molecule has 1 rings (SSSR count). The van der Waals surface area contributed by atoms with Crippen molar-refractivity contribution in [1.29, 1.82) is 21.0 Å². The maximum atomic E-state index is 8.85. The Labute approximate surface area is 112 Å². The Morgan fingerprint density at radius 2 is 1.72 bits per heavy atom. The lowest BCUT2D eigenvalue weighted by Crippen LogP contribution is -2.00. The second-order valence-electron chi connectivity index (χ2n) is 3.02. The van der Waals surface area contributed by atoms with Gasteiger partial charge in [0.2, 0.25) is 0 Å². The van der Waals surface area contributed by atoms with E-state index < -0.39 is 0 Å². The molecule has 0 aromatic heterocycles. The molecule has 18 heavy (non-hydrogen) atoms. The molecule has 0 amide bonds. The third kappa shape index (κ3) is 2.86. The summed E-state index contributed by atoms with van der Waals surface area (Å²) in [5.41, 5.74) is 0.527. The number of hydrogen-bond acceptors (Lipinski definition) is 5. The Morgan fingerprint density at radius 3 is 2.17 bits per heavy atom. The first-order chi connectivity index (χ1) is 8.65. The third-order valence-electron chi connectivity index (χ3n) is 1.94. The van der Waals surface area contributed by atoms with Gasteiger partial charge in [-0.15, -0.1) is 0 Å². The van der Waals surface area contributed by atoms with Crippen LogP contribution in [-0.2, 0) is 0 Å². The summed E-state index contributed by atoms with van der Waals surface area (Å²) in [6.45, 7) is 0. The molecule has 0 aliphatic heterocycles. The van der Waals surface area contributed by atoms with Crippen LogP contribution in [0.4, 0.5) is 5.69 Å². The summed E-state index contributed by atoms with van der Waals surface area (Å²) in [5, 5.41) is 37.6. The SMILES string of the molecule is N#CC(C#N)=C(C#N)Nc1ccc(C#N)c(Br)c1. The van der Waals surface area contributed by atoms with Crippen molar-refractivity contribution >= 4 is 21.6 Å². The minimum absolute atomic E-state index is 0.128. The second kappa shape index (κ2) is 6.06. The summed E-state index contributed by atoms with van der Waals surface area (Å²) in [4.78, 5) is 0. The second-order valence-corrected chi connectivity index (χ2v) is 3.87. The van der Waals surface area contributed by atoms with E-state index in [0.29, 0.717) is 15.7 Å². The molecule has 0 aliphatic rings. The van der Waals surface area contributed by atoms with E-state index in [1.807, 2.05) is 6.07 Å². The number of benzene rings is 1. The molecular formula is C12H4BrN5. The van der Waals surface area contributed by atoms with Crippen LogP contribution in [0.3, 0.4) is 0 Å². The topological polar surface area (TPSA) is 107 Å². The van der Waals surface area contributed by atoms with Crippen molar-refractivity contribution in [2.75, 3.05) is 5.32 Å². The average Bonchev–Trinajstić information content (AvgIpc) is 2.39. The predicted octanol–water partition coefficient (Wildman–Crippen LogP) is 2.56. The van der Waals surface area contributed by atoms with Crippen LogP contribution in [-0.4, -0.2) is 0 Å². The van der Waals surface area contributed by atoms with E-state index in [0.717, 1.165) is 0 Å². The first kappa shape index (κ1) is 13.3. The molecule has 0 atom stereocenters. The maximum Gasteiger partial charge on any atom is 0.163 e. The van der Waals surface area contributed by atoms with Crippen LogP contribution < -0.4 is 5.32 Å². The highest BCUT2D eigenvalue weighted by Gasteiger charge is 2.07. The van der Waals surface area contributed by atoms with Crippen LogP contribution >= 0.6 is 15.9 Å². The van der Waals surface area contributed by atoms with E-state index in [4.69, 9.17) is 21.0 Å². The van der Waals surface area contributed by atoms with Gasteiger partial charge >= 0.3 is 0 Å². The smallest absolute Gasteiger partial charge is 0.163 e. The first-order valence-corrected chi connectivity index (χ1v) is 5.36. The molecule has 0 saturated carbocycles. The van der Waals surface area contributed by atoms with Gasteiger partial charge in [-0.1, -0.05) is 0 Å². The predicted molar refractivity (Wildman–Crippen MR) is 66.3 cm³/mol. The van der Waals surface area contributed by atoms with Gasteiger partial charge in [0.15, 0.2) is 5.57 Å². The van der Waals surface area contributed by atoms with Crippen molar-refractivity contribution < 1.29 is 0 Å². The highest BCUT2D eigenvalue weighted by atomic mass is 79.9. The summed E-state index contributed by atoms with van der Waals surface area (Å²) in [6, 6.07) is 11.7. The van der Waals surface area contributed by atoms with E-state index in [1.165, 1.54) is 0 Å². The highest BCUT2D eigenvalue weighted by molar-refractivity contribution is 9.10. The van der Waals surface area contributed by atoms with Gasteiger partial charge in [-0.2, -0.15) is 21.0 Å². The molecule has 0 bridgehead atoms. The summed E-state index contributed by atoms with van der Waals surface area (Å²) < 4.78 is 0.558. The van der Waals surface area contributed by atoms with Gasteiger partial charge in [0.05, 0.1) is 5.56 Å². The molecule has 0 radical (unpaired) electrons. The van der Waals surface area contributed by atoms with Crippen molar-refractivity contribution in [2.45, 2.75) is 0 Å². The Morgan fingerprint density at radius 1 is 1.06 bits per heavy atom. The largest absolute Gasteiger partial charge is 0.345 e. The van der Waals surface area contributed by atoms with Gasteiger partial charge in [0, 0.05) is 10.2 Å². The molecule has 0 fully saturated rings. The molecule has 84 valence electrons.